The van der Waals surface area contributed by atoms with Gasteiger partial charge in [-0.05, 0) is 25.3 Å². The van der Waals surface area contributed by atoms with Crippen molar-refractivity contribution >= 4 is 5.91 Å². The summed E-state index contributed by atoms with van der Waals surface area (Å²) in [5.41, 5.74) is 2.43. The molecule has 3 heteroatoms. The number of amides is 1. The van der Waals surface area contributed by atoms with Crippen LogP contribution in [0.3, 0.4) is 0 Å². The van der Waals surface area contributed by atoms with Gasteiger partial charge in [0.1, 0.15) is 6.17 Å². The van der Waals surface area contributed by atoms with Gasteiger partial charge in [0.15, 0.2) is 0 Å². The van der Waals surface area contributed by atoms with Crippen molar-refractivity contribution in [2.75, 3.05) is 6.54 Å². The first-order valence-electron chi connectivity index (χ1n) is 7.69. The molecule has 1 heterocycles. The van der Waals surface area contributed by atoms with Gasteiger partial charge in [0, 0.05) is 6.54 Å². The fourth-order valence-electron chi connectivity index (χ4n) is 2.82. The number of benzene rings is 1. The van der Waals surface area contributed by atoms with Crippen LogP contribution in [0.4, 0.5) is 0 Å². The second kappa shape index (κ2) is 6.40. The quantitative estimate of drug-likeness (QED) is 0.894. The predicted molar refractivity (Wildman–Crippen MR) is 82.3 cm³/mol. The van der Waals surface area contributed by atoms with Crippen LogP contribution in [0.25, 0.3) is 0 Å². The minimum atomic E-state index is -0.0873. The first-order valence-corrected chi connectivity index (χ1v) is 7.69. The minimum absolute atomic E-state index is 0.0266. The van der Waals surface area contributed by atoms with Crippen LogP contribution in [0.15, 0.2) is 24.3 Å². The summed E-state index contributed by atoms with van der Waals surface area (Å²) in [6, 6.07) is 8.38. The fraction of sp³-hybridized carbons (Fsp3) is 0.588. The van der Waals surface area contributed by atoms with Crippen molar-refractivity contribution in [3.63, 3.8) is 0 Å². The molecule has 1 N–H and O–H groups in total. The van der Waals surface area contributed by atoms with Crippen molar-refractivity contribution < 1.29 is 4.79 Å². The van der Waals surface area contributed by atoms with E-state index in [-0.39, 0.29) is 18.1 Å². The van der Waals surface area contributed by atoms with Crippen LogP contribution in [0.2, 0.25) is 0 Å². The van der Waals surface area contributed by atoms with Crippen LogP contribution in [-0.4, -0.2) is 23.4 Å². The topological polar surface area (TPSA) is 32.3 Å². The molecule has 1 fully saturated rings. The Morgan fingerprint density at radius 3 is 2.35 bits per heavy atom. The largest absolute Gasteiger partial charge is 0.321 e. The first kappa shape index (κ1) is 15.0. The Morgan fingerprint density at radius 2 is 1.80 bits per heavy atom. The average Bonchev–Trinajstić information content (AvgIpc) is 2.73. The molecule has 1 aromatic rings. The molecule has 1 aromatic carbocycles. The Morgan fingerprint density at radius 1 is 1.20 bits per heavy atom. The van der Waals surface area contributed by atoms with Gasteiger partial charge in [-0.25, -0.2) is 0 Å². The Balaban J connectivity index is 2.21. The third-order valence-electron chi connectivity index (χ3n) is 4.38. The van der Waals surface area contributed by atoms with Gasteiger partial charge in [-0.2, -0.15) is 0 Å². The lowest BCUT2D eigenvalue weighted by Crippen LogP contribution is -2.34. The molecule has 3 nitrogen and oxygen atoms in total. The van der Waals surface area contributed by atoms with Crippen molar-refractivity contribution in [1.29, 1.82) is 0 Å². The monoisotopic (exact) mass is 274 g/mol. The average molecular weight is 274 g/mol. The van der Waals surface area contributed by atoms with Crippen molar-refractivity contribution in [1.82, 2.24) is 10.2 Å². The molecule has 1 aliphatic heterocycles. The summed E-state index contributed by atoms with van der Waals surface area (Å²) in [7, 11) is 0. The maximum atomic E-state index is 12.4. The van der Waals surface area contributed by atoms with Crippen molar-refractivity contribution in [3.05, 3.63) is 35.4 Å². The fourth-order valence-corrected chi connectivity index (χ4v) is 2.82. The summed E-state index contributed by atoms with van der Waals surface area (Å²) in [6.07, 6.45) is 2.27. The summed E-state index contributed by atoms with van der Waals surface area (Å²) in [5.74, 6) is 0.807. The zero-order valence-electron chi connectivity index (χ0n) is 13.0. The molecule has 2 atom stereocenters. The van der Waals surface area contributed by atoms with E-state index in [0.29, 0.717) is 5.92 Å². The van der Waals surface area contributed by atoms with Gasteiger partial charge in [-0.3, -0.25) is 10.1 Å². The van der Waals surface area contributed by atoms with Gasteiger partial charge >= 0.3 is 0 Å². The van der Waals surface area contributed by atoms with E-state index >= 15 is 0 Å². The Kier molecular flexibility index (Phi) is 4.81. The molecule has 0 radical (unpaired) electrons. The Bertz CT molecular complexity index is 451. The van der Waals surface area contributed by atoms with Gasteiger partial charge in [0.2, 0.25) is 5.91 Å². The first-order chi connectivity index (χ1) is 9.56. The molecule has 1 saturated heterocycles. The number of hydrogen-bond acceptors (Lipinski definition) is 2. The van der Waals surface area contributed by atoms with Crippen molar-refractivity contribution in [2.24, 2.45) is 5.92 Å². The zero-order valence-corrected chi connectivity index (χ0v) is 13.0. The van der Waals surface area contributed by atoms with E-state index in [1.807, 2.05) is 11.8 Å². The molecular weight excluding hydrogens is 248 g/mol. The smallest absolute Gasteiger partial charge is 0.241 e. The third kappa shape index (κ3) is 3.04. The van der Waals surface area contributed by atoms with Crippen LogP contribution in [0, 0.1) is 12.8 Å². The van der Waals surface area contributed by atoms with Gasteiger partial charge in [0.05, 0.1) is 6.04 Å². The second-order valence-corrected chi connectivity index (χ2v) is 5.87. The van der Waals surface area contributed by atoms with E-state index in [1.165, 1.54) is 11.1 Å². The minimum Gasteiger partial charge on any atom is -0.321 e. The maximum Gasteiger partial charge on any atom is 0.241 e. The van der Waals surface area contributed by atoms with Crippen LogP contribution in [0.5, 0.6) is 0 Å². The van der Waals surface area contributed by atoms with E-state index in [2.05, 4.69) is 50.4 Å². The SMILES string of the molecule is CCC(CC)CN1C(=O)C(C)NC1c1ccc(C)cc1. The van der Waals surface area contributed by atoms with Gasteiger partial charge in [-0.15, -0.1) is 0 Å². The summed E-state index contributed by atoms with van der Waals surface area (Å²) in [6.45, 7) is 9.29. The third-order valence-corrected chi connectivity index (χ3v) is 4.38. The van der Waals surface area contributed by atoms with E-state index in [9.17, 15) is 4.79 Å². The highest BCUT2D eigenvalue weighted by Crippen LogP contribution is 2.27. The zero-order chi connectivity index (χ0) is 14.7. The molecule has 0 bridgehead atoms. The molecule has 1 aliphatic rings. The number of hydrogen-bond donors (Lipinski definition) is 1. The molecule has 0 spiro atoms. The maximum absolute atomic E-state index is 12.4. The van der Waals surface area contributed by atoms with E-state index < -0.39 is 0 Å². The molecule has 0 saturated carbocycles. The molecule has 20 heavy (non-hydrogen) atoms. The lowest BCUT2D eigenvalue weighted by Gasteiger charge is -2.28. The summed E-state index contributed by atoms with van der Waals surface area (Å²) in [4.78, 5) is 14.4. The van der Waals surface area contributed by atoms with Crippen LogP contribution in [0.1, 0.15) is 50.9 Å². The number of aryl methyl sites for hydroxylation is 1. The predicted octanol–water partition coefficient (Wildman–Crippen LogP) is 3.25. The van der Waals surface area contributed by atoms with Crippen LogP contribution < -0.4 is 5.32 Å². The van der Waals surface area contributed by atoms with Crippen LogP contribution >= 0.6 is 0 Å². The molecule has 110 valence electrons. The van der Waals surface area contributed by atoms with Crippen molar-refractivity contribution in [3.8, 4) is 0 Å². The summed E-state index contributed by atoms with van der Waals surface area (Å²) >= 11 is 0. The van der Waals surface area contributed by atoms with E-state index in [0.717, 1.165) is 19.4 Å². The number of nitrogens with zero attached hydrogens (tertiary/aromatic N) is 1. The lowest BCUT2D eigenvalue weighted by atomic mass is 10.0. The molecule has 0 aliphatic carbocycles. The van der Waals surface area contributed by atoms with E-state index in [1.54, 1.807) is 0 Å². The number of carbonyl (C=O) groups is 1. The van der Waals surface area contributed by atoms with Crippen LogP contribution in [-0.2, 0) is 4.79 Å². The summed E-state index contributed by atoms with van der Waals surface area (Å²) in [5, 5.41) is 3.42. The molecule has 2 rings (SSSR count). The van der Waals surface area contributed by atoms with Gasteiger partial charge < -0.3 is 4.90 Å². The second-order valence-electron chi connectivity index (χ2n) is 5.87. The highest BCUT2D eigenvalue weighted by molar-refractivity contribution is 5.84. The van der Waals surface area contributed by atoms with E-state index in [4.69, 9.17) is 0 Å². The standard InChI is InChI=1S/C17H26N2O/c1-5-14(6-2)11-19-16(18-13(4)17(19)20)15-9-7-12(3)8-10-15/h7-10,13-14,16,18H,5-6,11H2,1-4H3. The van der Waals surface area contributed by atoms with Crippen molar-refractivity contribution in [2.45, 2.75) is 52.7 Å². The highest BCUT2D eigenvalue weighted by atomic mass is 16.2. The van der Waals surface area contributed by atoms with Gasteiger partial charge in [-0.1, -0.05) is 56.5 Å². The highest BCUT2D eigenvalue weighted by Gasteiger charge is 2.37. The number of rotatable bonds is 5. The molecule has 1 amide bonds. The lowest BCUT2D eigenvalue weighted by molar-refractivity contribution is -0.130. The number of nitrogens with one attached hydrogen (secondary N) is 1. The number of carbonyl (C=O) groups excluding carboxylic acids is 1. The Labute approximate surface area is 122 Å². The van der Waals surface area contributed by atoms with Gasteiger partial charge in [0.25, 0.3) is 0 Å². The summed E-state index contributed by atoms with van der Waals surface area (Å²) < 4.78 is 0. The Hall–Kier alpha value is -1.35. The molecule has 2 unspecified atom stereocenters. The molecule has 0 aromatic heterocycles. The molecular formula is C17H26N2O. The normalized spacial score (nSPS) is 22.9.